The van der Waals surface area contributed by atoms with Crippen LogP contribution in [0.4, 0.5) is 5.69 Å². The van der Waals surface area contributed by atoms with Crippen LogP contribution in [0, 0.1) is 6.92 Å². The number of aryl methyl sites for hydroxylation is 1. The number of nitrogen functional groups attached to an aromatic ring is 1. The SMILES string of the molecule is C=CC(=O)N1CCCC(NC(=O)C2Sc3c(N)ccc4c3C2C(N)C(=O)C4(N)c2ccc(Oc3cccnn3)cc2C)C1. The summed E-state index contributed by atoms with van der Waals surface area (Å²) >= 11 is 1.31. The molecule has 1 aliphatic carbocycles. The molecule has 1 fully saturated rings. The van der Waals surface area contributed by atoms with E-state index in [4.69, 9.17) is 21.9 Å². The molecule has 1 saturated heterocycles. The van der Waals surface area contributed by atoms with Crippen LogP contribution in [0.2, 0.25) is 0 Å². The van der Waals surface area contributed by atoms with Gasteiger partial charge in [-0.1, -0.05) is 18.7 Å². The molecule has 0 spiro atoms. The van der Waals surface area contributed by atoms with E-state index in [-0.39, 0.29) is 23.6 Å². The van der Waals surface area contributed by atoms with Gasteiger partial charge in [0.05, 0.1) is 11.3 Å². The zero-order chi connectivity index (χ0) is 30.5. The molecule has 5 atom stereocenters. The van der Waals surface area contributed by atoms with Crippen LogP contribution >= 0.6 is 11.8 Å². The quantitative estimate of drug-likeness (QED) is 0.242. The Morgan fingerprint density at radius 2 is 2.02 bits per heavy atom. The molecule has 43 heavy (non-hydrogen) atoms. The van der Waals surface area contributed by atoms with E-state index in [9.17, 15) is 14.4 Å². The van der Waals surface area contributed by atoms with Gasteiger partial charge >= 0.3 is 0 Å². The molecule has 0 saturated carbocycles. The number of nitrogens with two attached hydrogens (primary N) is 3. The van der Waals surface area contributed by atoms with Gasteiger partial charge in [-0.3, -0.25) is 14.4 Å². The average Bonchev–Trinajstić information content (AvgIpc) is 3.42. The molecule has 3 heterocycles. The summed E-state index contributed by atoms with van der Waals surface area (Å²) < 4.78 is 5.83. The molecule has 0 radical (unpaired) electrons. The number of ketones is 1. The van der Waals surface area contributed by atoms with Crippen LogP contribution in [0.15, 0.2) is 66.2 Å². The lowest BCUT2D eigenvalue weighted by atomic mass is 9.64. The second-order valence-corrected chi connectivity index (χ2v) is 12.3. The van der Waals surface area contributed by atoms with Gasteiger partial charge in [-0.05, 0) is 72.4 Å². The number of Topliss-reactive ketones (excluding diaryl/α,β-unsaturated/α-hetero) is 1. The lowest BCUT2D eigenvalue weighted by Gasteiger charge is -2.42. The Kier molecular flexibility index (Phi) is 7.45. The van der Waals surface area contributed by atoms with E-state index in [0.717, 1.165) is 24.0 Å². The minimum Gasteiger partial charge on any atom is -0.438 e. The summed E-state index contributed by atoms with van der Waals surface area (Å²) in [5.74, 6) is -0.557. The maximum atomic E-state index is 14.2. The van der Waals surface area contributed by atoms with Crippen molar-refractivity contribution in [3.05, 3.63) is 83.6 Å². The van der Waals surface area contributed by atoms with Crippen molar-refractivity contribution in [2.24, 2.45) is 11.5 Å². The summed E-state index contributed by atoms with van der Waals surface area (Å²) in [4.78, 5) is 42.5. The molecule has 2 amide bonds. The number of thioether (sulfide) groups is 1. The Morgan fingerprint density at radius 1 is 1.23 bits per heavy atom. The summed E-state index contributed by atoms with van der Waals surface area (Å²) in [5.41, 5.74) is 21.8. The first kappa shape index (κ1) is 28.8. The highest BCUT2D eigenvalue weighted by atomic mass is 32.2. The van der Waals surface area contributed by atoms with Gasteiger partial charge in [-0.2, -0.15) is 5.10 Å². The number of anilines is 1. The lowest BCUT2D eigenvalue weighted by molar-refractivity contribution is -0.129. The molecular formula is C31H33N7O4S. The van der Waals surface area contributed by atoms with Crippen LogP contribution in [0.5, 0.6) is 11.6 Å². The number of benzene rings is 2. The highest BCUT2D eigenvalue weighted by Crippen LogP contribution is 2.56. The highest BCUT2D eigenvalue weighted by molar-refractivity contribution is 8.01. The maximum absolute atomic E-state index is 14.2. The van der Waals surface area contributed by atoms with Crippen molar-refractivity contribution < 1.29 is 19.1 Å². The molecule has 3 aliphatic rings. The largest absolute Gasteiger partial charge is 0.438 e. The third-order valence-corrected chi connectivity index (χ3v) is 9.99. The second-order valence-electron chi connectivity index (χ2n) is 11.2. The fraction of sp³-hybridized carbons (Fsp3) is 0.323. The number of piperidine rings is 1. The van der Waals surface area contributed by atoms with Crippen LogP contribution in [0.25, 0.3) is 0 Å². The first-order chi connectivity index (χ1) is 20.6. The molecular weight excluding hydrogens is 566 g/mol. The van der Waals surface area contributed by atoms with E-state index in [2.05, 4.69) is 22.1 Å². The van der Waals surface area contributed by atoms with Crippen LogP contribution < -0.4 is 27.3 Å². The number of amides is 2. The predicted molar refractivity (Wildman–Crippen MR) is 162 cm³/mol. The number of nitrogens with zero attached hydrogens (tertiary/aromatic N) is 3. The van der Waals surface area contributed by atoms with Crippen molar-refractivity contribution in [2.75, 3.05) is 18.8 Å². The fourth-order valence-electron chi connectivity index (χ4n) is 6.51. The first-order valence-electron chi connectivity index (χ1n) is 14.1. The molecule has 2 aromatic carbocycles. The van der Waals surface area contributed by atoms with Crippen molar-refractivity contribution in [3.8, 4) is 11.6 Å². The van der Waals surface area contributed by atoms with Crippen molar-refractivity contribution in [1.29, 1.82) is 0 Å². The van der Waals surface area contributed by atoms with Crippen molar-refractivity contribution in [1.82, 2.24) is 20.4 Å². The van der Waals surface area contributed by atoms with E-state index in [1.165, 1.54) is 17.8 Å². The van der Waals surface area contributed by atoms with Crippen LogP contribution in [-0.2, 0) is 19.9 Å². The summed E-state index contributed by atoms with van der Waals surface area (Å²) in [6.45, 7) is 6.43. The van der Waals surface area contributed by atoms with Crippen LogP contribution in [0.3, 0.4) is 0 Å². The third kappa shape index (κ3) is 4.85. The molecule has 5 unspecified atom stereocenters. The molecule has 1 aromatic heterocycles. The van der Waals surface area contributed by atoms with E-state index >= 15 is 0 Å². The smallest absolute Gasteiger partial charge is 0.246 e. The highest BCUT2D eigenvalue weighted by Gasteiger charge is 2.57. The van der Waals surface area contributed by atoms with Gasteiger partial charge in [0.15, 0.2) is 5.78 Å². The Morgan fingerprint density at radius 3 is 2.74 bits per heavy atom. The Balaban J connectivity index is 1.32. The van der Waals surface area contributed by atoms with Crippen molar-refractivity contribution >= 4 is 35.0 Å². The van der Waals surface area contributed by atoms with Gasteiger partial charge in [0, 0.05) is 47.9 Å². The number of carbonyl (C=O) groups is 3. The Bertz CT molecular complexity index is 1630. The average molecular weight is 600 g/mol. The standard InChI is InChI=1S/C31H33N7O4S/c1-3-23(39)38-13-5-6-17(15-38)36-30(41)28-25-24-20(10-11-21(32)27(24)43-28)31(34,29(40)26(25)33)19-9-8-18(14-16(19)2)42-22-7-4-12-35-37-22/h3-4,7-12,14,17,25-26,28H,1,5-6,13,15,32-34H2,2H3,(H,36,41). The Hall–Kier alpha value is -4.26. The van der Waals surface area contributed by atoms with E-state index < -0.39 is 22.7 Å². The number of rotatable bonds is 6. The molecule has 7 N–H and O–H groups in total. The first-order valence-corrected chi connectivity index (χ1v) is 15.0. The predicted octanol–water partition coefficient (Wildman–Crippen LogP) is 2.12. The van der Waals surface area contributed by atoms with Gasteiger partial charge in [0.2, 0.25) is 17.7 Å². The number of carbonyl (C=O) groups excluding carboxylic acids is 3. The number of aromatic nitrogens is 2. The third-order valence-electron chi connectivity index (χ3n) is 8.54. The molecule has 11 nitrogen and oxygen atoms in total. The number of likely N-dealkylation sites (tertiary alicyclic amines) is 1. The topological polar surface area (TPSA) is 180 Å². The van der Waals surface area contributed by atoms with Gasteiger partial charge < -0.3 is 32.2 Å². The number of ether oxygens (including phenoxy) is 1. The molecule has 3 aromatic rings. The molecule has 2 aliphatic heterocycles. The zero-order valence-electron chi connectivity index (χ0n) is 23.7. The summed E-state index contributed by atoms with van der Waals surface area (Å²) in [6, 6.07) is 10.9. The monoisotopic (exact) mass is 599 g/mol. The number of nitrogens with one attached hydrogen (secondary N) is 1. The van der Waals surface area contributed by atoms with E-state index in [1.807, 2.05) is 6.92 Å². The van der Waals surface area contributed by atoms with Crippen LogP contribution in [-0.4, -0.2) is 63.1 Å². The zero-order valence-corrected chi connectivity index (χ0v) is 24.5. The molecule has 0 bridgehead atoms. The molecule has 12 heteroatoms. The van der Waals surface area contributed by atoms with Crippen LogP contribution in [0.1, 0.15) is 41.0 Å². The number of hydrogen-bond acceptors (Lipinski definition) is 10. The summed E-state index contributed by atoms with van der Waals surface area (Å²) in [6.07, 6.45) is 4.34. The lowest BCUT2D eigenvalue weighted by Crippen LogP contribution is -2.61. The summed E-state index contributed by atoms with van der Waals surface area (Å²) in [5, 5.41) is 10.2. The van der Waals surface area contributed by atoms with Gasteiger partial charge in [-0.15, -0.1) is 16.9 Å². The molecule has 6 rings (SSSR count). The van der Waals surface area contributed by atoms with Crippen molar-refractivity contribution in [2.45, 2.75) is 53.5 Å². The fourth-order valence-corrected chi connectivity index (χ4v) is 7.97. The van der Waals surface area contributed by atoms with E-state index in [0.29, 0.717) is 46.4 Å². The van der Waals surface area contributed by atoms with Gasteiger partial charge in [0.1, 0.15) is 11.3 Å². The molecule has 222 valence electrons. The number of hydrogen-bond donors (Lipinski definition) is 4. The maximum Gasteiger partial charge on any atom is 0.246 e. The summed E-state index contributed by atoms with van der Waals surface area (Å²) in [7, 11) is 0. The van der Waals surface area contributed by atoms with E-state index in [1.54, 1.807) is 53.6 Å². The Labute approximate surface area is 253 Å². The second kappa shape index (κ2) is 11.1. The minimum absolute atomic E-state index is 0.165. The minimum atomic E-state index is -1.57. The van der Waals surface area contributed by atoms with Crippen molar-refractivity contribution in [3.63, 3.8) is 0 Å². The normalized spacial score (nSPS) is 26.0. The van der Waals surface area contributed by atoms with Gasteiger partial charge in [-0.25, -0.2) is 0 Å². The van der Waals surface area contributed by atoms with Gasteiger partial charge in [0.25, 0.3) is 0 Å².